The molecule has 1 N–H and O–H groups in total. The van der Waals surface area contributed by atoms with Crippen molar-refractivity contribution in [3.63, 3.8) is 0 Å². The number of hydrogen-bond acceptors (Lipinski definition) is 3. The minimum Gasteiger partial charge on any atom is -0.352 e. The Morgan fingerprint density at radius 1 is 0.812 bits per heavy atom. The monoisotopic (exact) mass is 453 g/mol. The molecule has 0 radical (unpaired) electrons. The van der Waals surface area contributed by atoms with Crippen LogP contribution in [0.5, 0.6) is 0 Å². The average Bonchev–Trinajstić information content (AvgIpc) is 3.07. The fourth-order valence-corrected chi connectivity index (χ4v) is 5.18. The molecule has 0 saturated carbocycles. The number of nitrogens with zero attached hydrogens (tertiary/aromatic N) is 2. The molecule has 4 rings (SSSR count). The van der Waals surface area contributed by atoms with Gasteiger partial charge in [-0.05, 0) is 80.7 Å². The maximum atomic E-state index is 12.8. The summed E-state index contributed by atoms with van der Waals surface area (Å²) in [5, 5.41) is 3.98. The molecule has 0 aliphatic carbocycles. The zero-order chi connectivity index (χ0) is 22.2. The van der Waals surface area contributed by atoms with E-state index in [2.05, 4.69) is 45.4 Å². The van der Waals surface area contributed by atoms with Gasteiger partial charge in [-0.3, -0.25) is 14.6 Å². The highest BCUT2D eigenvalue weighted by Crippen LogP contribution is 2.21. The number of amides is 1. The van der Waals surface area contributed by atoms with Gasteiger partial charge < -0.3 is 5.32 Å². The lowest BCUT2D eigenvalue weighted by molar-refractivity contribution is -0.126. The van der Waals surface area contributed by atoms with Gasteiger partial charge in [0.05, 0.1) is 0 Å². The molecule has 4 nitrogen and oxygen atoms in total. The number of rotatable bonds is 7. The van der Waals surface area contributed by atoms with E-state index in [-0.39, 0.29) is 11.8 Å². The number of hydrogen-bond donors (Lipinski definition) is 1. The van der Waals surface area contributed by atoms with Crippen molar-refractivity contribution in [2.75, 3.05) is 26.2 Å². The zero-order valence-electron chi connectivity index (χ0n) is 19.1. The first kappa shape index (κ1) is 23.3. The molecular weight excluding hydrogens is 418 g/mol. The average molecular weight is 454 g/mol. The quantitative estimate of drug-likeness (QED) is 0.622. The Balaban J connectivity index is 1.21. The number of likely N-dealkylation sites (tertiary alicyclic amines) is 2. The lowest BCUT2D eigenvalue weighted by Crippen LogP contribution is -2.40. The number of nitrogens with one attached hydrogen (secondary N) is 1. The molecule has 32 heavy (non-hydrogen) atoms. The molecule has 2 aliphatic rings. The SMILES string of the molecule is O=C(NCc1cccc(CN2CCCCCC2)c1)C1CCN(Cc2cccc(Cl)c2)CC1. The standard InChI is InChI=1S/C27H36ClN3O/c28-26-10-6-9-24(18-26)21-31-15-11-25(12-16-31)27(32)29-19-22-7-5-8-23(17-22)20-30-13-3-1-2-4-14-30/h5-10,17-18,25H,1-4,11-16,19-21H2,(H,29,32). The van der Waals surface area contributed by atoms with Crippen molar-refractivity contribution in [1.29, 1.82) is 0 Å². The predicted molar refractivity (Wildman–Crippen MR) is 131 cm³/mol. The summed E-state index contributed by atoms with van der Waals surface area (Å²) in [5.74, 6) is 0.316. The van der Waals surface area contributed by atoms with E-state index in [4.69, 9.17) is 11.6 Å². The van der Waals surface area contributed by atoms with E-state index in [9.17, 15) is 4.79 Å². The summed E-state index contributed by atoms with van der Waals surface area (Å²) in [6.07, 6.45) is 7.19. The first-order valence-corrected chi connectivity index (χ1v) is 12.6. The third-order valence-corrected chi connectivity index (χ3v) is 7.05. The van der Waals surface area contributed by atoms with Gasteiger partial charge in [-0.2, -0.15) is 0 Å². The fourth-order valence-electron chi connectivity index (χ4n) is 4.97. The van der Waals surface area contributed by atoms with Crippen LogP contribution in [0.15, 0.2) is 48.5 Å². The van der Waals surface area contributed by atoms with E-state index in [1.54, 1.807) is 0 Å². The van der Waals surface area contributed by atoms with Crippen molar-refractivity contribution in [1.82, 2.24) is 15.1 Å². The molecular formula is C27H36ClN3O. The van der Waals surface area contributed by atoms with E-state index >= 15 is 0 Å². The van der Waals surface area contributed by atoms with Gasteiger partial charge in [0.1, 0.15) is 0 Å². The summed E-state index contributed by atoms with van der Waals surface area (Å²) < 4.78 is 0. The van der Waals surface area contributed by atoms with E-state index < -0.39 is 0 Å². The minimum absolute atomic E-state index is 0.117. The molecule has 2 fully saturated rings. The summed E-state index contributed by atoms with van der Waals surface area (Å²) >= 11 is 6.10. The van der Waals surface area contributed by atoms with Crippen LogP contribution in [0, 0.1) is 5.92 Å². The summed E-state index contributed by atoms with van der Waals surface area (Å²) in [6.45, 7) is 6.86. The second-order valence-electron chi connectivity index (χ2n) is 9.41. The van der Waals surface area contributed by atoms with Crippen LogP contribution in [-0.4, -0.2) is 41.9 Å². The number of benzene rings is 2. The Morgan fingerprint density at radius 3 is 2.09 bits per heavy atom. The van der Waals surface area contributed by atoms with Gasteiger partial charge >= 0.3 is 0 Å². The summed E-state index contributed by atoms with van der Waals surface area (Å²) in [4.78, 5) is 17.8. The highest BCUT2D eigenvalue weighted by atomic mass is 35.5. The van der Waals surface area contributed by atoms with Crippen LogP contribution in [0.1, 0.15) is 55.2 Å². The van der Waals surface area contributed by atoms with Gasteiger partial charge in [0.15, 0.2) is 0 Å². The first-order chi connectivity index (χ1) is 15.7. The molecule has 5 heteroatoms. The molecule has 2 heterocycles. The third-order valence-electron chi connectivity index (χ3n) is 6.82. The Hall–Kier alpha value is -1.88. The Kier molecular flexibility index (Phi) is 8.61. The van der Waals surface area contributed by atoms with Crippen LogP contribution >= 0.6 is 11.6 Å². The Bertz CT molecular complexity index is 871. The molecule has 2 aromatic carbocycles. The molecule has 2 aliphatic heterocycles. The zero-order valence-corrected chi connectivity index (χ0v) is 19.8. The molecule has 1 amide bonds. The Morgan fingerprint density at radius 2 is 1.41 bits per heavy atom. The van der Waals surface area contributed by atoms with Crippen LogP contribution in [0.2, 0.25) is 5.02 Å². The maximum absolute atomic E-state index is 12.8. The van der Waals surface area contributed by atoms with E-state index in [0.29, 0.717) is 6.54 Å². The number of carbonyl (C=O) groups excluding carboxylic acids is 1. The molecule has 172 valence electrons. The number of carbonyl (C=O) groups is 1. The molecule has 0 unspecified atom stereocenters. The minimum atomic E-state index is 0.117. The predicted octanol–water partition coefficient (Wildman–Crippen LogP) is 5.24. The van der Waals surface area contributed by atoms with E-state index in [1.807, 2.05) is 18.2 Å². The van der Waals surface area contributed by atoms with Crippen molar-refractivity contribution in [3.8, 4) is 0 Å². The number of piperidine rings is 1. The smallest absolute Gasteiger partial charge is 0.223 e. The Labute approximate surface area is 197 Å². The van der Waals surface area contributed by atoms with Crippen molar-refractivity contribution >= 4 is 17.5 Å². The maximum Gasteiger partial charge on any atom is 0.223 e. The lowest BCUT2D eigenvalue weighted by Gasteiger charge is -2.31. The van der Waals surface area contributed by atoms with Crippen molar-refractivity contribution < 1.29 is 4.79 Å². The highest BCUT2D eigenvalue weighted by Gasteiger charge is 2.24. The topological polar surface area (TPSA) is 35.6 Å². The molecule has 2 saturated heterocycles. The van der Waals surface area contributed by atoms with Gasteiger partial charge in [0, 0.05) is 30.6 Å². The second-order valence-corrected chi connectivity index (χ2v) is 9.84. The van der Waals surface area contributed by atoms with Gasteiger partial charge in [-0.15, -0.1) is 0 Å². The van der Waals surface area contributed by atoms with Gasteiger partial charge in [0.2, 0.25) is 5.91 Å². The normalized spacial score (nSPS) is 18.9. The van der Waals surface area contributed by atoms with E-state index in [0.717, 1.165) is 44.0 Å². The fraction of sp³-hybridized carbons (Fsp3) is 0.519. The van der Waals surface area contributed by atoms with Crippen molar-refractivity contribution in [3.05, 3.63) is 70.2 Å². The molecule has 0 spiro atoms. The number of halogens is 1. The van der Waals surface area contributed by atoms with Gasteiger partial charge in [-0.25, -0.2) is 0 Å². The molecule has 0 atom stereocenters. The molecule has 2 aromatic rings. The third kappa shape index (κ3) is 7.06. The lowest BCUT2D eigenvalue weighted by atomic mass is 9.95. The first-order valence-electron chi connectivity index (χ1n) is 12.2. The van der Waals surface area contributed by atoms with Gasteiger partial charge in [-0.1, -0.05) is 60.8 Å². The van der Waals surface area contributed by atoms with Crippen LogP contribution in [-0.2, 0) is 24.4 Å². The summed E-state index contributed by atoms with van der Waals surface area (Å²) in [7, 11) is 0. The van der Waals surface area contributed by atoms with E-state index in [1.165, 1.54) is 55.5 Å². The summed E-state index contributed by atoms with van der Waals surface area (Å²) in [6, 6.07) is 16.8. The molecule has 0 bridgehead atoms. The van der Waals surface area contributed by atoms with Gasteiger partial charge in [0.25, 0.3) is 0 Å². The van der Waals surface area contributed by atoms with Crippen LogP contribution in [0.25, 0.3) is 0 Å². The van der Waals surface area contributed by atoms with Crippen molar-refractivity contribution in [2.24, 2.45) is 5.92 Å². The molecule has 0 aromatic heterocycles. The van der Waals surface area contributed by atoms with Crippen LogP contribution in [0.4, 0.5) is 0 Å². The van der Waals surface area contributed by atoms with Crippen LogP contribution in [0.3, 0.4) is 0 Å². The van der Waals surface area contributed by atoms with Crippen molar-refractivity contribution in [2.45, 2.75) is 58.2 Å². The second kappa shape index (κ2) is 11.8. The largest absolute Gasteiger partial charge is 0.352 e. The van der Waals surface area contributed by atoms with Crippen LogP contribution < -0.4 is 5.32 Å². The summed E-state index contributed by atoms with van der Waals surface area (Å²) in [5.41, 5.74) is 3.79. The highest BCUT2D eigenvalue weighted by molar-refractivity contribution is 6.30.